The van der Waals surface area contributed by atoms with Crippen LogP contribution in [-0.4, -0.2) is 11.1 Å². The molecule has 1 atom stereocenters. The van der Waals surface area contributed by atoms with E-state index in [0.717, 1.165) is 17.7 Å². The van der Waals surface area contributed by atoms with Crippen molar-refractivity contribution in [2.24, 2.45) is 0 Å². The van der Waals surface area contributed by atoms with Crippen LogP contribution in [0.1, 0.15) is 47.4 Å². The fourth-order valence-corrected chi connectivity index (χ4v) is 3.25. The van der Waals surface area contributed by atoms with Crippen LogP contribution in [-0.2, 0) is 11.2 Å². The first kappa shape index (κ1) is 9.71. The number of rotatable bonds is 2. The number of thiophene rings is 1. The van der Waals surface area contributed by atoms with Gasteiger partial charge in [0.1, 0.15) is 0 Å². The first-order valence-corrected chi connectivity index (χ1v) is 5.76. The van der Waals surface area contributed by atoms with Crippen molar-refractivity contribution in [2.45, 2.75) is 38.5 Å². The Hall–Kier alpha value is -0.830. The van der Waals surface area contributed by atoms with E-state index in [4.69, 9.17) is 5.11 Å². The molecule has 1 N–H and O–H groups in total. The Bertz CT molecular complexity index is 365. The number of hydrogen-bond acceptors (Lipinski definition) is 2. The van der Waals surface area contributed by atoms with Gasteiger partial charge in [-0.15, -0.1) is 11.3 Å². The van der Waals surface area contributed by atoms with Crippen molar-refractivity contribution < 1.29 is 9.90 Å². The maximum Gasteiger partial charge on any atom is 0.311 e. The highest BCUT2D eigenvalue weighted by Crippen LogP contribution is 2.41. The number of hydrogen-bond donors (Lipinski definition) is 1. The van der Waals surface area contributed by atoms with E-state index in [-0.39, 0.29) is 5.92 Å². The minimum Gasteiger partial charge on any atom is -0.481 e. The third kappa shape index (κ3) is 1.46. The summed E-state index contributed by atoms with van der Waals surface area (Å²) in [6.07, 6.45) is 1.73. The second kappa shape index (κ2) is 3.39. The minimum atomic E-state index is -0.666. The molecule has 1 aliphatic carbocycles. The Morgan fingerprint density at radius 3 is 2.93 bits per heavy atom. The molecule has 14 heavy (non-hydrogen) atoms. The zero-order valence-corrected chi connectivity index (χ0v) is 9.23. The first-order chi connectivity index (χ1) is 6.59. The van der Waals surface area contributed by atoms with Crippen LogP contribution >= 0.6 is 11.3 Å². The maximum absolute atomic E-state index is 11.0. The lowest BCUT2D eigenvalue weighted by atomic mass is 10.1. The van der Waals surface area contributed by atoms with Gasteiger partial charge in [-0.05, 0) is 30.4 Å². The summed E-state index contributed by atoms with van der Waals surface area (Å²) in [7, 11) is 0. The van der Waals surface area contributed by atoms with Crippen LogP contribution in [0.3, 0.4) is 0 Å². The fourth-order valence-electron chi connectivity index (χ4n) is 1.91. The summed E-state index contributed by atoms with van der Waals surface area (Å²) in [6, 6.07) is 2.19. The summed E-state index contributed by atoms with van der Waals surface area (Å²) < 4.78 is 0. The van der Waals surface area contributed by atoms with Crippen molar-refractivity contribution >= 4 is 17.3 Å². The van der Waals surface area contributed by atoms with Crippen molar-refractivity contribution in [3.8, 4) is 0 Å². The molecule has 3 heteroatoms. The van der Waals surface area contributed by atoms with E-state index in [9.17, 15) is 4.79 Å². The molecule has 0 spiro atoms. The standard InChI is InChI=1S/C11H14O2S/c1-6(2)9-5-7-3-4-8(11(12)13)10(7)14-9/h5-6,8H,3-4H2,1-2H3,(H,12,13). The van der Waals surface area contributed by atoms with Gasteiger partial charge in [0.05, 0.1) is 5.92 Å². The van der Waals surface area contributed by atoms with Crippen molar-refractivity contribution in [1.29, 1.82) is 0 Å². The van der Waals surface area contributed by atoms with Gasteiger partial charge in [-0.3, -0.25) is 4.79 Å². The summed E-state index contributed by atoms with van der Waals surface area (Å²) in [5.74, 6) is -0.386. The molecule has 0 aromatic carbocycles. The normalized spacial score (nSPS) is 20.1. The van der Waals surface area contributed by atoms with Gasteiger partial charge < -0.3 is 5.11 Å². The molecular formula is C11H14O2S. The molecule has 1 unspecified atom stereocenters. The Labute approximate surface area is 87.6 Å². The first-order valence-electron chi connectivity index (χ1n) is 4.95. The molecule has 2 nitrogen and oxygen atoms in total. The molecule has 0 amide bonds. The van der Waals surface area contributed by atoms with Gasteiger partial charge >= 0.3 is 5.97 Å². The maximum atomic E-state index is 11.0. The smallest absolute Gasteiger partial charge is 0.311 e. The average molecular weight is 210 g/mol. The Balaban J connectivity index is 2.35. The van der Waals surface area contributed by atoms with Gasteiger partial charge in [0, 0.05) is 9.75 Å². The number of carboxylic acid groups (broad SMARTS) is 1. The van der Waals surface area contributed by atoms with Gasteiger partial charge in [0.25, 0.3) is 0 Å². The lowest BCUT2D eigenvalue weighted by Gasteiger charge is -2.03. The molecular weight excluding hydrogens is 196 g/mol. The van der Waals surface area contributed by atoms with E-state index in [1.54, 1.807) is 11.3 Å². The van der Waals surface area contributed by atoms with Crippen LogP contribution in [0.4, 0.5) is 0 Å². The molecule has 1 heterocycles. The SMILES string of the molecule is CC(C)c1cc2c(s1)C(C(=O)O)CC2. The van der Waals surface area contributed by atoms with E-state index in [0.29, 0.717) is 5.92 Å². The van der Waals surface area contributed by atoms with Crippen LogP contribution in [0.15, 0.2) is 6.07 Å². The highest BCUT2D eigenvalue weighted by molar-refractivity contribution is 7.12. The predicted octanol–water partition coefficient (Wildman–Crippen LogP) is 2.99. The summed E-state index contributed by atoms with van der Waals surface area (Å²) in [5, 5.41) is 9.01. The summed E-state index contributed by atoms with van der Waals surface area (Å²) >= 11 is 1.69. The molecule has 0 bridgehead atoms. The quantitative estimate of drug-likeness (QED) is 0.814. The van der Waals surface area contributed by atoms with Crippen molar-refractivity contribution in [3.63, 3.8) is 0 Å². The van der Waals surface area contributed by atoms with Crippen molar-refractivity contribution in [3.05, 3.63) is 21.4 Å². The van der Waals surface area contributed by atoms with Gasteiger partial charge in [0.15, 0.2) is 0 Å². The zero-order chi connectivity index (χ0) is 10.3. The lowest BCUT2D eigenvalue weighted by Crippen LogP contribution is -2.06. The number of carbonyl (C=O) groups is 1. The van der Waals surface area contributed by atoms with Crippen molar-refractivity contribution in [2.75, 3.05) is 0 Å². The number of aryl methyl sites for hydroxylation is 1. The molecule has 1 aromatic heterocycles. The number of fused-ring (bicyclic) bond motifs is 1. The Kier molecular flexibility index (Phi) is 2.35. The summed E-state index contributed by atoms with van der Waals surface area (Å²) in [6.45, 7) is 4.30. The van der Waals surface area contributed by atoms with Crippen LogP contribution in [0.5, 0.6) is 0 Å². The van der Waals surface area contributed by atoms with E-state index in [1.807, 2.05) is 0 Å². The molecule has 0 fully saturated rings. The Morgan fingerprint density at radius 2 is 2.36 bits per heavy atom. The molecule has 0 saturated carbocycles. The molecule has 0 radical (unpaired) electrons. The van der Waals surface area contributed by atoms with Crippen LogP contribution < -0.4 is 0 Å². The number of aliphatic carboxylic acids is 1. The molecule has 0 aliphatic heterocycles. The Morgan fingerprint density at radius 1 is 1.64 bits per heavy atom. The molecule has 0 saturated heterocycles. The van der Waals surface area contributed by atoms with Gasteiger partial charge in [-0.25, -0.2) is 0 Å². The van der Waals surface area contributed by atoms with Gasteiger partial charge in [-0.1, -0.05) is 13.8 Å². The second-order valence-electron chi connectivity index (χ2n) is 4.12. The van der Waals surface area contributed by atoms with E-state index in [2.05, 4.69) is 19.9 Å². The third-order valence-electron chi connectivity index (χ3n) is 2.75. The van der Waals surface area contributed by atoms with E-state index < -0.39 is 5.97 Å². The van der Waals surface area contributed by atoms with Crippen molar-refractivity contribution in [1.82, 2.24) is 0 Å². The number of carboxylic acids is 1. The monoisotopic (exact) mass is 210 g/mol. The zero-order valence-electron chi connectivity index (χ0n) is 8.41. The average Bonchev–Trinajstić information content (AvgIpc) is 2.58. The highest BCUT2D eigenvalue weighted by Gasteiger charge is 2.30. The van der Waals surface area contributed by atoms with Gasteiger partial charge in [0.2, 0.25) is 0 Å². The van der Waals surface area contributed by atoms with E-state index in [1.165, 1.54) is 10.4 Å². The summed E-state index contributed by atoms with van der Waals surface area (Å²) in [4.78, 5) is 13.4. The lowest BCUT2D eigenvalue weighted by molar-refractivity contribution is -0.138. The van der Waals surface area contributed by atoms with Crippen LogP contribution in [0, 0.1) is 0 Å². The summed E-state index contributed by atoms with van der Waals surface area (Å²) in [5.41, 5.74) is 1.27. The fraction of sp³-hybridized carbons (Fsp3) is 0.545. The molecule has 1 aliphatic rings. The predicted molar refractivity (Wildman–Crippen MR) is 57.1 cm³/mol. The largest absolute Gasteiger partial charge is 0.481 e. The van der Waals surface area contributed by atoms with Gasteiger partial charge in [-0.2, -0.15) is 0 Å². The van der Waals surface area contributed by atoms with Crippen LogP contribution in [0.25, 0.3) is 0 Å². The molecule has 76 valence electrons. The second-order valence-corrected chi connectivity index (χ2v) is 5.24. The third-order valence-corrected chi connectivity index (χ3v) is 4.34. The minimum absolute atomic E-state index is 0.234. The van der Waals surface area contributed by atoms with Crippen LogP contribution in [0.2, 0.25) is 0 Å². The van der Waals surface area contributed by atoms with E-state index >= 15 is 0 Å². The molecule has 1 aromatic rings. The molecule has 2 rings (SSSR count). The highest BCUT2D eigenvalue weighted by atomic mass is 32.1. The topological polar surface area (TPSA) is 37.3 Å².